The number of nitrogens with one attached hydrogen (secondary N) is 1. The van der Waals surface area contributed by atoms with Crippen molar-refractivity contribution in [2.24, 2.45) is 0 Å². The van der Waals surface area contributed by atoms with Gasteiger partial charge in [-0.1, -0.05) is 13.8 Å². The van der Waals surface area contributed by atoms with Crippen LogP contribution in [0.3, 0.4) is 0 Å². The number of halogens is 3. The monoisotopic (exact) mass is 247 g/mol. The molecule has 0 bridgehead atoms. The number of β-lactam (4-membered cyclic amide) rings is 1. The van der Waals surface area contributed by atoms with Gasteiger partial charge >= 0.3 is 0 Å². The Morgan fingerprint density at radius 3 is 1.76 bits per heavy atom. The lowest BCUT2D eigenvalue weighted by Gasteiger charge is -2.10. The molecule has 1 aromatic carbocycles. The number of benzene rings is 1. The van der Waals surface area contributed by atoms with Crippen LogP contribution in [0.15, 0.2) is 12.1 Å². The van der Waals surface area contributed by atoms with Gasteiger partial charge in [0.2, 0.25) is 5.91 Å². The minimum Gasteiger partial charge on any atom is -0.356 e. The summed E-state index contributed by atoms with van der Waals surface area (Å²) in [6.07, 6.45) is 0.736. The minimum atomic E-state index is -1.15. The van der Waals surface area contributed by atoms with Gasteiger partial charge in [-0.05, 0) is 18.6 Å². The van der Waals surface area contributed by atoms with E-state index in [-0.39, 0.29) is 11.5 Å². The fraction of sp³-hybridized carbons (Fsp3) is 0.417. The normalized spacial score (nSPS) is 12.2. The van der Waals surface area contributed by atoms with E-state index >= 15 is 0 Å². The molecule has 0 radical (unpaired) electrons. The summed E-state index contributed by atoms with van der Waals surface area (Å²) >= 11 is 0. The Morgan fingerprint density at radius 2 is 1.47 bits per heavy atom. The maximum absolute atomic E-state index is 12.4. The van der Waals surface area contributed by atoms with E-state index in [1.54, 1.807) is 0 Å². The second-order valence-electron chi connectivity index (χ2n) is 3.12. The van der Waals surface area contributed by atoms with Crippen LogP contribution in [0.2, 0.25) is 0 Å². The van der Waals surface area contributed by atoms with Crippen LogP contribution in [-0.2, 0) is 4.79 Å². The van der Waals surface area contributed by atoms with Crippen LogP contribution in [0, 0.1) is 24.4 Å². The molecule has 1 N–H and O–H groups in total. The molecule has 1 aliphatic heterocycles. The summed E-state index contributed by atoms with van der Waals surface area (Å²) in [4.78, 5) is 9.79. The molecule has 0 atom stereocenters. The molecule has 1 amide bonds. The number of carbonyl (C=O) groups is 1. The summed E-state index contributed by atoms with van der Waals surface area (Å²) in [5.41, 5.74) is 0.110. The van der Waals surface area contributed by atoms with Gasteiger partial charge in [0.05, 0.1) is 0 Å². The number of carbonyl (C=O) groups excluding carboxylic acids is 1. The molecule has 1 heterocycles. The highest BCUT2D eigenvalue weighted by atomic mass is 19.2. The van der Waals surface area contributed by atoms with Crippen molar-refractivity contribution < 1.29 is 18.0 Å². The molecular weight excluding hydrogens is 231 g/mol. The van der Waals surface area contributed by atoms with Gasteiger partial charge in [-0.3, -0.25) is 4.79 Å². The third-order valence-electron chi connectivity index (χ3n) is 1.88. The molecule has 1 aromatic rings. The molecule has 2 rings (SSSR count). The van der Waals surface area contributed by atoms with Gasteiger partial charge in [0, 0.05) is 19.0 Å². The second-order valence-corrected chi connectivity index (χ2v) is 3.12. The van der Waals surface area contributed by atoms with Crippen LogP contribution in [0.5, 0.6) is 0 Å². The SMILES string of the molecule is CC.Cc1cc(F)c(F)cc1F.O=C1CCN1. The molecule has 1 aliphatic rings. The Hall–Kier alpha value is -1.52. The molecule has 0 spiro atoms. The number of hydrogen-bond donors (Lipinski definition) is 1. The molecule has 96 valence electrons. The van der Waals surface area contributed by atoms with Gasteiger partial charge in [-0.2, -0.15) is 0 Å². The van der Waals surface area contributed by atoms with Crippen LogP contribution in [-0.4, -0.2) is 12.5 Å². The Balaban J connectivity index is 0.000000306. The summed E-state index contributed by atoms with van der Waals surface area (Å²) in [6, 6.07) is 1.36. The van der Waals surface area contributed by atoms with E-state index in [1.165, 1.54) is 6.92 Å². The van der Waals surface area contributed by atoms with Crippen LogP contribution >= 0.6 is 0 Å². The number of hydrogen-bond acceptors (Lipinski definition) is 1. The smallest absolute Gasteiger partial charge is 0.221 e. The standard InChI is InChI=1S/C7H5F3.C3H5NO.C2H6/c1-4-2-6(9)7(10)3-5(4)8;5-3-1-2-4-3;1-2/h2-3H,1H3;1-2H2,(H,4,5);1-2H3. The molecule has 0 unspecified atom stereocenters. The lowest BCUT2D eigenvalue weighted by atomic mass is 10.2. The maximum Gasteiger partial charge on any atom is 0.221 e. The highest BCUT2D eigenvalue weighted by molar-refractivity contribution is 5.81. The summed E-state index contributed by atoms with van der Waals surface area (Å²) in [5.74, 6) is -2.70. The first-order valence-electron chi connectivity index (χ1n) is 5.38. The van der Waals surface area contributed by atoms with Crippen LogP contribution in [0.25, 0.3) is 0 Å². The highest BCUT2D eigenvalue weighted by Crippen LogP contribution is 2.11. The molecular formula is C12H16F3NO. The third kappa shape index (κ3) is 5.38. The summed E-state index contributed by atoms with van der Waals surface area (Å²) in [6.45, 7) is 6.26. The lowest BCUT2D eigenvalue weighted by Crippen LogP contribution is -2.37. The van der Waals surface area contributed by atoms with E-state index < -0.39 is 17.5 Å². The van der Waals surface area contributed by atoms with Gasteiger partial charge in [-0.15, -0.1) is 0 Å². The predicted octanol–water partition coefficient (Wildman–Crippen LogP) is 2.94. The summed E-state index contributed by atoms with van der Waals surface area (Å²) in [7, 11) is 0. The third-order valence-corrected chi connectivity index (χ3v) is 1.88. The van der Waals surface area contributed by atoms with E-state index in [2.05, 4.69) is 5.32 Å². The average molecular weight is 247 g/mol. The Kier molecular flexibility index (Phi) is 7.02. The molecule has 1 fully saturated rings. The average Bonchev–Trinajstić information content (AvgIpc) is 2.27. The first-order valence-corrected chi connectivity index (χ1v) is 5.38. The van der Waals surface area contributed by atoms with Crippen molar-refractivity contribution >= 4 is 5.91 Å². The highest BCUT2D eigenvalue weighted by Gasteiger charge is 2.07. The zero-order chi connectivity index (χ0) is 13.4. The number of rotatable bonds is 0. The van der Waals surface area contributed by atoms with Crippen molar-refractivity contribution in [3.05, 3.63) is 35.1 Å². The quantitative estimate of drug-likeness (QED) is 0.554. The van der Waals surface area contributed by atoms with Crippen LogP contribution in [0.1, 0.15) is 25.8 Å². The van der Waals surface area contributed by atoms with Crippen molar-refractivity contribution in [2.45, 2.75) is 27.2 Å². The van der Waals surface area contributed by atoms with Crippen LogP contribution in [0.4, 0.5) is 13.2 Å². The predicted molar refractivity (Wildman–Crippen MR) is 60.0 cm³/mol. The van der Waals surface area contributed by atoms with Gasteiger partial charge < -0.3 is 5.32 Å². The van der Waals surface area contributed by atoms with E-state index in [0.717, 1.165) is 19.0 Å². The van der Waals surface area contributed by atoms with E-state index in [9.17, 15) is 18.0 Å². The zero-order valence-electron chi connectivity index (χ0n) is 10.1. The first-order chi connectivity index (χ1) is 8.00. The van der Waals surface area contributed by atoms with Crippen molar-refractivity contribution in [3.8, 4) is 0 Å². The van der Waals surface area contributed by atoms with Gasteiger partial charge in [0.15, 0.2) is 11.6 Å². The Labute approximate surface area is 98.8 Å². The molecule has 0 aliphatic carbocycles. The summed E-state index contributed by atoms with van der Waals surface area (Å²) in [5, 5.41) is 2.57. The number of aryl methyl sites for hydroxylation is 1. The number of amides is 1. The van der Waals surface area contributed by atoms with Gasteiger partial charge in [0.25, 0.3) is 0 Å². The van der Waals surface area contributed by atoms with Crippen molar-refractivity contribution in [2.75, 3.05) is 6.54 Å². The van der Waals surface area contributed by atoms with Crippen molar-refractivity contribution in [1.29, 1.82) is 0 Å². The fourth-order valence-electron chi connectivity index (χ4n) is 0.849. The van der Waals surface area contributed by atoms with Gasteiger partial charge in [-0.25, -0.2) is 13.2 Å². The van der Waals surface area contributed by atoms with E-state index in [1.807, 2.05) is 13.8 Å². The second kappa shape index (κ2) is 7.70. The van der Waals surface area contributed by atoms with E-state index in [0.29, 0.717) is 6.07 Å². The minimum absolute atomic E-state index is 0.110. The first kappa shape index (κ1) is 15.5. The van der Waals surface area contributed by atoms with E-state index in [4.69, 9.17) is 0 Å². The molecule has 0 aromatic heterocycles. The Bertz CT molecular complexity index is 324. The Morgan fingerprint density at radius 1 is 1.06 bits per heavy atom. The largest absolute Gasteiger partial charge is 0.356 e. The van der Waals surface area contributed by atoms with Gasteiger partial charge in [0.1, 0.15) is 5.82 Å². The molecule has 1 saturated heterocycles. The van der Waals surface area contributed by atoms with Crippen molar-refractivity contribution in [3.63, 3.8) is 0 Å². The van der Waals surface area contributed by atoms with Crippen molar-refractivity contribution in [1.82, 2.24) is 5.32 Å². The topological polar surface area (TPSA) is 29.1 Å². The molecule has 5 heteroatoms. The van der Waals surface area contributed by atoms with Crippen LogP contribution < -0.4 is 5.32 Å². The molecule has 0 saturated carbocycles. The maximum atomic E-state index is 12.4. The molecule has 17 heavy (non-hydrogen) atoms. The fourth-order valence-corrected chi connectivity index (χ4v) is 0.849. The lowest BCUT2D eigenvalue weighted by molar-refractivity contribution is -0.125. The zero-order valence-corrected chi connectivity index (χ0v) is 10.1. The molecule has 2 nitrogen and oxygen atoms in total. The summed E-state index contributed by atoms with van der Waals surface area (Å²) < 4.78 is 36.7.